The largest absolute Gasteiger partial charge is 0.496 e. The van der Waals surface area contributed by atoms with E-state index in [4.69, 9.17) is 14.2 Å². The highest BCUT2D eigenvalue weighted by molar-refractivity contribution is 6.08. The molecule has 41 heavy (non-hydrogen) atoms. The van der Waals surface area contributed by atoms with E-state index in [0.29, 0.717) is 36.4 Å². The second-order valence-electron chi connectivity index (χ2n) is 12.0. The number of anilines is 1. The number of carboxylic acids is 1. The van der Waals surface area contributed by atoms with Gasteiger partial charge in [-0.3, -0.25) is 4.79 Å². The van der Waals surface area contributed by atoms with Crippen molar-refractivity contribution in [1.29, 1.82) is 0 Å². The summed E-state index contributed by atoms with van der Waals surface area (Å²) in [5.41, 5.74) is 8.02. The third-order valence-electron chi connectivity index (χ3n) is 8.05. The number of carboxylic acid groups (broad SMARTS) is 1. The van der Waals surface area contributed by atoms with Crippen molar-refractivity contribution in [2.45, 2.75) is 72.5 Å². The van der Waals surface area contributed by atoms with E-state index in [-0.39, 0.29) is 5.91 Å². The van der Waals surface area contributed by atoms with Gasteiger partial charge in [-0.1, -0.05) is 12.1 Å². The molecule has 3 aromatic carbocycles. The molecular weight excluding hydrogens is 518 g/mol. The minimum atomic E-state index is -1.17. The average molecular weight is 558 g/mol. The minimum absolute atomic E-state index is 0.114. The zero-order valence-corrected chi connectivity index (χ0v) is 25.0. The second kappa shape index (κ2) is 10.9. The molecule has 1 N–H and O–H groups in total. The minimum Gasteiger partial charge on any atom is -0.496 e. The molecule has 0 saturated heterocycles. The lowest BCUT2D eigenvalue weighted by molar-refractivity contribution is -0.160. The van der Waals surface area contributed by atoms with E-state index < -0.39 is 17.7 Å². The molecule has 2 heterocycles. The first-order chi connectivity index (χ1) is 19.4. The Hall–Kier alpha value is -3.84. The van der Waals surface area contributed by atoms with Gasteiger partial charge in [0.15, 0.2) is 6.10 Å². The normalized spacial score (nSPS) is 15.1. The van der Waals surface area contributed by atoms with Crippen LogP contribution in [0.4, 0.5) is 5.69 Å². The Balaban J connectivity index is 1.73. The van der Waals surface area contributed by atoms with E-state index in [1.165, 1.54) is 0 Å². The van der Waals surface area contributed by atoms with Crippen molar-refractivity contribution in [3.05, 3.63) is 75.3 Å². The molecule has 2 aliphatic rings. The van der Waals surface area contributed by atoms with Crippen molar-refractivity contribution in [3.8, 4) is 22.6 Å². The molecule has 0 saturated carbocycles. The van der Waals surface area contributed by atoms with Crippen molar-refractivity contribution in [2.24, 2.45) is 0 Å². The average Bonchev–Trinajstić information content (AvgIpc) is 3.34. The van der Waals surface area contributed by atoms with E-state index in [1.54, 1.807) is 18.1 Å². The van der Waals surface area contributed by atoms with Crippen LogP contribution >= 0.6 is 0 Å². The van der Waals surface area contributed by atoms with Crippen LogP contribution in [0.15, 0.2) is 36.4 Å². The number of aryl methyl sites for hydroxylation is 2. The number of aliphatic carboxylic acids is 1. The van der Waals surface area contributed by atoms with Gasteiger partial charge in [0.25, 0.3) is 5.91 Å². The summed E-state index contributed by atoms with van der Waals surface area (Å²) in [6.07, 6.45) is 1.26. The number of carbonyl (C=O) groups excluding carboxylic acids is 1. The monoisotopic (exact) mass is 557 g/mol. The highest BCUT2D eigenvalue weighted by Crippen LogP contribution is 2.47. The summed E-state index contributed by atoms with van der Waals surface area (Å²) < 4.78 is 17.6. The van der Waals surface area contributed by atoms with Gasteiger partial charge >= 0.3 is 5.97 Å². The Bertz CT molecular complexity index is 1530. The lowest BCUT2D eigenvalue weighted by Crippen LogP contribution is -2.29. The van der Waals surface area contributed by atoms with Crippen LogP contribution in [0.5, 0.6) is 11.5 Å². The van der Waals surface area contributed by atoms with E-state index in [1.807, 2.05) is 65.0 Å². The molecule has 5 rings (SSSR count). The molecule has 3 aromatic rings. The van der Waals surface area contributed by atoms with Crippen molar-refractivity contribution in [2.75, 3.05) is 25.2 Å². The number of rotatable bonds is 6. The number of fused-ring (bicyclic) bond motifs is 2. The first-order valence-corrected chi connectivity index (χ1v) is 14.2. The van der Waals surface area contributed by atoms with Crippen LogP contribution in [0.3, 0.4) is 0 Å². The van der Waals surface area contributed by atoms with E-state index in [0.717, 1.165) is 63.2 Å². The summed E-state index contributed by atoms with van der Waals surface area (Å²) in [7, 11) is 1.60. The van der Waals surface area contributed by atoms with Gasteiger partial charge in [0.1, 0.15) is 11.5 Å². The summed E-state index contributed by atoms with van der Waals surface area (Å²) in [6, 6.07) is 11.5. The molecule has 1 atom stereocenters. The first-order valence-electron chi connectivity index (χ1n) is 14.2. The number of amides is 1. The van der Waals surface area contributed by atoms with Crippen LogP contribution in [-0.4, -0.2) is 42.8 Å². The van der Waals surface area contributed by atoms with Gasteiger partial charge in [0.2, 0.25) is 0 Å². The quantitative estimate of drug-likeness (QED) is 0.361. The smallest absolute Gasteiger partial charge is 0.337 e. The van der Waals surface area contributed by atoms with Gasteiger partial charge in [-0.2, -0.15) is 0 Å². The highest BCUT2D eigenvalue weighted by Gasteiger charge is 2.37. The fourth-order valence-corrected chi connectivity index (χ4v) is 6.13. The summed E-state index contributed by atoms with van der Waals surface area (Å²) in [4.78, 5) is 28.4. The van der Waals surface area contributed by atoms with Gasteiger partial charge in [-0.15, -0.1) is 0 Å². The topological polar surface area (TPSA) is 85.3 Å². The lowest BCUT2D eigenvalue weighted by Gasteiger charge is -2.30. The summed E-state index contributed by atoms with van der Waals surface area (Å²) >= 11 is 0. The van der Waals surface area contributed by atoms with Gasteiger partial charge < -0.3 is 24.2 Å². The molecule has 1 amide bonds. The molecule has 0 aromatic heterocycles. The lowest BCUT2D eigenvalue weighted by atomic mass is 9.83. The maximum absolute atomic E-state index is 13.9. The van der Waals surface area contributed by atoms with Gasteiger partial charge in [-0.05, 0) is 124 Å². The van der Waals surface area contributed by atoms with E-state index in [2.05, 4.69) is 6.92 Å². The van der Waals surface area contributed by atoms with Gasteiger partial charge in [0, 0.05) is 23.4 Å². The molecule has 0 aliphatic carbocycles. The van der Waals surface area contributed by atoms with Crippen LogP contribution in [0, 0.1) is 20.8 Å². The van der Waals surface area contributed by atoms with Gasteiger partial charge in [-0.25, -0.2) is 4.79 Å². The maximum atomic E-state index is 13.9. The molecule has 0 spiro atoms. The fraction of sp³-hybridized carbons (Fsp3) is 0.412. The number of ether oxygens (including phenoxy) is 3. The molecule has 7 heteroatoms. The Labute approximate surface area is 242 Å². The third kappa shape index (κ3) is 5.31. The van der Waals surface area contributed by atoms with Crippen molar-refractivity contribution in [1.82, 2.24) is 0 Å². The molecule has 7 nitrogen and oxygen atoms in total. The van der Waals surface area contributed by atoms with Crippen LogP contribution in [-0.2, 0) is 22.4 Å². The third-order valence-corrected chi connectivity index (χ3v) is 8.05. The standard InChI is InChI=1S/C34H39NO6/c1-19-10-11-22(18-28(19)39-7)32(36)35-15-14-25-26(35)17-20(2)29(31(33(37)38)41-34(4,5)6)30(25)24-12-13-27-23(21(24)3)9-8-16-40-27/h10-13,17-18,31H,8-9,14-16H2,1-7H3,(H,37,38). The fourth-order valence-electron chi connectivity index (χ4n) is 6.13. The predicted molar refractivity (Wildman–Crippen MR) is 159 cm³/mol. The summed E-state index contributed by atoms with van der Waals surface area (Å²) in [5.74, 6) is 0.393. The number of benzene rings is 3. The van der Waals surface area contributed by atoms with Crippen molar-refractivity contribution in [3.63, 3.8) is 0 Å². The Morgan fingerprint density at radius 3 is 2.44 bits per heavy atom. The Morgan fingerprint density at radius 1 is 1.00 bits per heavy atom. The number of carbonyl (C=O) groups is 2. The zero-order chi connectivity index (χ0) is 29.6. The predicted octanol–water partition coefficient (Wildman–Crippen LogP) is 6.76. The second-order valence-corrected chi connectivity index (χ2v) is 12.0. The SMILES string of the molecule is COc1cc(C(=O)N2CCc3c2cc(C)c(C(OC(C)(C)C)C(=O)O)c3-c2ccc3c(c2C)CCCO3)ccc1C. The molecule has 2 aliphatic heterocycles. The molecule has 1 unspecified atom stereocenters. The Kier molecular flexibility index (Phi) is 7.60. The van der Waals surface area contributed by atoms with Crippen LogP contribution in [0.25, 0.3) is 11.1 Å². The van der Waals surface area contributed by atoms with Crippen molar-refractivity contribution < 1.29 is 28.9 Å². The van der Waals surface area contributed by atoms with Crippen LogP contribution in [0.1, 0.15) is 77.0 Å². The zero-order valence-electron chi connectivity index (χ0n) is 25.0. The Morgan fingerprint density at radius 2 is 1.76 bits per heavy atom. The summed E-state index contributed by atoms with van der Waals surface area (Å²) in [6.45, 7) is 12.7. The van der Waals surface area contributed by atoms with Crippen LogP contribution < -0.4 is 14.4 Å². The number of hydrogen-bond acceptors (Lipinski definition) is 5. The molecule has 0 bridgehead atoms. The maximum Gasteiger partial charge on any atom is 0.337 e. The van der Waals surface area contributed by atoms with Crippen molar-refractivity contribution >= 4 is 17.6 Å². The number of hydrogen-bond donors (Lipinski definition) is 1. The van der Waals surface area contributed by atoms with Gasteiger partial charge in [0.05, 0.1) is 19.3 Å². The highest BCUT2D eigenvalue weighted by atomic mass is 16.5. The molecule has 216 valence electrons. The molecular formula is C34H39NO6. The summed E-state index contributed by atoms with van der Waals surface area (Å²) in [5, 5.41) is 10.4. The number of methoxy groups -OCH3 is 1. The van der Waals surface area contributed by atoms with E-state index in [9.17, 15) is 14.7 Å². The molecule has 0 fully saturated rings. The number of nitrogens with zero attached hydrogens (tertiary/aromatic N) is 1. The molecule has 0 radical (unpaired) electrons. The first kappa shape index (κ1) is 28.7. The van der Waals surface area contributed by atoms with E-state index >= 15 is 0 Å². The van der Waals surface area contributed by atoms with Crippen LogP contribution in [0.2, 0.25) is 0 Å².